The molecule has 0 aliphatic rings. The van der Waals surface area contributed by atoms with Gasteiger partial charge in [0.1, 0.15) is 0 Å². The molecule has 2 N–H and O–H groups in total. The van der Waals surface area contributed by atoms with E-state index >= 15 is 0 Å². The summed E-state index contributed by atoms with van der Waals surface area (Å²) >= 11 is 5.03. The highest BCUT2D eigenvalue weighted by Gasteiger charge is 2.16. The Balaban J connectivity index is 2.92. The summed E-state index contributed by atoms with van der Waals surface area (Å²) in [5, 5.41) is 0. The van der Waals surface area contributed by atoms with E-state index in [1.165, 1.54) is 11.3 Å². The Kier molecular flexibility index (Phi) is 5.42. The molecule has 0 amide bonds. The molecular weight excluding hydrogens is 228 g/mol. The standard InChI is InChI=1S/C14H22N2S/c1-4-12(10-14(15)17)16(5-2)13-8-6-7-11(3)9-13/h6-9,12H,4-5,10H2,1-3H3,(H2,15,17). The van der Waals surface area contributed by atoms with E-state index < -0.39 is 0 Å². The van der Waals surface area contributed by atoms with Crippen molar-refractivity contribution in [3.63, 3.8) is 0 Å². The molecule has 1 unspecified atom stereocenters. The fourth-order valence-corrected chi connectivity index (χ4v) is 2.36. The third-order valence-corrected chi connectivity index (χ3v) is 3.19. The first kappa shape index (κ1) is 14.0. The molecule has 0 aliphatic carbocycles. The summed E-state index contributed by atoms with van der Waals surface area (Å²) in [6.07, 6.45) is 1.84. The summed E-state index contributed by atoms with van der Waals surface area (Å²) in [7, 11) is 0. The van der Waals surface area contributed by atoms with Crippen molar-refractivity contribution in [2.45, 2.75) is 39.7 Å². The Morgan fingerprint density at radius 3 is 2.59 bits per heavy atom. The average molecular weight is 250 g/mol. The monoisotopic (exact) mass is 250 g/mol. The van der Waals surface area contributed by atoms with Crippen molar-refractivity contribution in [1.82, 2.24) is 0 Å². The first-order valence-corrected chi connectivity index (χ1v) is 6.60. The van der Waals surface area contributed by atoms with Gasteiger partial charge in [-0.2, -0.15) is 0 Å². The van der Waals surface area contributed by atoms with E-state index in [9.17, 15) is 0 Å². The molecule has 94 valence electrons. The largest absolute Gasteiger partial charge is 0.393 e. The summed E-state index contributed by atoms with van der Waals surface area (Å²) < 4.78 is 0. The number of anilines is 1. The van der Waals surface area contributed by atoms with Crippen LogP contribution in [0.4, 0.5) is 5.69 Å². The van der Waals surface area contributed by atoms with E-state index in [1.54, 1.807) is 0 Å². The van der Waals surface area contributed by atoms with E-state index in [-0.39, 0.29) is 0 Å². The van der Waals surface area contributed by atoms with Gasteiger partial charge < -0.3 is 10.6 Å². The van der Waals surface area contributed by atoms with Gasteiger partial charge in [0.05, 0.1) is 4.99 Å². The van der Waals surface area contributed by atoms with Crippen LogP contribution in [0, 0.1) is 6.92 Å². The number of nitrogens with zero attached hydrogens (tertiary/aromatic N) is 1. The summed E-state index contributed by atoms with van der Waals surface area (Å²) in [5.41, 5.74) is 8.22. The topological polar surface area (TPSA) is 29.3 Å². The Labute approximate surface area is 110 Å². The molecule has 0 bridgehead atoms. The lowest BCUT2D eigenvalue weighted by atomic mass is 10.1. The maximum Gasteiger partial charge on any atom is 0.0747 e. The molecule has 1 atom stereocenters. The predicted octanol–water partition coefficient (Wildman–Crippen LogP) is 3.28. The smallest absolute Gasteiger partial charge is 0.0747 e. The minimum atomic E-state index is 0.402. The molecule has 1 aromatic rings. The number of hydrogen-bond acceptors (Lipinski definition) is 2. The lowest BCUT2D eigenvalue weighted by Gasteiger charge is -2.32. The summed E-state index contributed by atoms with van der Waals surface area (Å²) in [6.45, 7) is 7.45. The molecule has 3 heteroatoms. The van der Waals surface area contributed by atoms with E-state index in [1.807, 2.05) is 0 Å². The molecule has 1 aromatic carbocycles. The quantitative estimate of drug-likeness (QED) is 0.786. The molecular formula is C14H22N2S. The van der Waals surface area contributed by atoms with E-state index in [0.29, 0.717) is 11.0 Å². The summed E-state index contributed by atoms with van der Waals surface area (Å²) in [4.78, 5) is 2.98. The Morgan fingerprint density at radius 2 is 2.12 bits per heavy atom. The van der Waals surface area contributed by atoms with Gasteiger partial charge in [-0.1, -0.05) is 31.3 Å². The van der Waals surface area contributed by atoms with Crippen molar-refractivity contribution in [3.05, 3.63) is 29.8 Å². The van der Waals surface area contributed by atoms with Gasteiger partial charge in [0.15, 0.2) is 0 Å². The predicted molar refractivity (Wildman–Crippen MR) is 79.7 cm³/mol. The number of rotatable bonds is 6. The normalized spacial score (nSPS) is 12.2. The van der Waals surface area contributed by atoms with Gasteiger partial charge in [-0.05, 0) is 38.0 Å². The number of aryl methyl sites for hydroxylation is 1. The maximum atomic E-state index is 5.67. The number of nitrogens with two attached hydrogens (primary N) is 1. The van der Waals surface area contributed by atoms with E-state index in [2.05, 4.69) is 49.9 Å². The van der Waals surface area contributed by atoms with Crippen LogP contribution in [0.3, 0.4) is 0 Å². The van der Waals surface area contributed by atoms with Crippen LogP contribution in [0.2, 0.25) is 0 Å². The summed E-state index contributed by atoms with van der Waals surface area (Å²) in [6, 6.07) is 8.98. The van der Waals surface area contributed by atoms with Crippen LogP contribution in [0.25, 0.3) is 0 Å². The third-order valence-electron chi connectivity index (χ3n) is 3.02. The molecule has 0 fully saturated rings. The third kappa shape index (κ3) is 4.00. The van der Waals surface area contributed by atoms with Gasteiger partial charge >= 0.3 is 0 Å². The van der Waals surface area contributed by atoms with Crippen LogP contribution in [0.1, 0.15) is 32.3 Å². The molecule has 0 saturated carbocycles. The SMILES string of the molecule is CCC(CC(N)=S)N(CC)c1cccc(C)c1. The summed E-state index contributed by atoms with van der Waals surface area (Å²) in [5.74, 6) is 0. The van der Waals surface area contributed by atoms with Crippen LogP contribution in [0.15, 0.2) is 24.3 Å². The molecule has 0 spiro atoms. The molecule has 17 heavy (non-hydrogen) atoms. The fraction of sp³-hybridized carbons (Fsp3) is 0.500. The molecule has 2 nitrogen and oxygen atoms in total. The van der Waals surface area contributed by atoms with Crippen LogP contribution in [0.5, 0.6) is 0 Å². The van der Waals surface area contributed by atoms with Crippen molar-refractivity contribution in [2.75, 3.05) is 11.4 Å². The number of thiocarbonyl (C=S) groups is 1. The number of hydrogen-bond donors (Lipinski definition) is 1. The minimum Gasteiger partial charge on any atom is -0.393 e. The molecule has 0 heterocycles. The van der Waals surface area contributed by atoms with E-state index in [4.69, 9.17) is 18.0 Å². The minimum absolute atomic E-state index is 0.402. The van der Waals surface area contributed by atoms with Crippen molar-refractivity contribution in [3.8, 4) is 0 Å². The van der Waals surface area contributed by atoms with Crippen molar-refractivity contribution in [1.29, 1.82) is 0 Å². The average Bonchev–Trinajstić information content (AvgIpc) is 2.28. The zero-order chi connectivity index (χ0) is 12.8. The van der Waals surface area contributed by atoms with Gasteiger partial charge in [-0.15, -0.1) is 0 Å². The second-order valence-electron chi connectivity index (χ2n) is 4.36. The first-order valence-electron chi connectivity index (χ1n) is 6.20. The second-order valence-corrected chi connectivity index (χ2v) is 4.88. The van der Waals surface area contributed by atoms with Gasteiger partial charge in [-0.3, -0.25) is 0 Å². The lowest BCUT2D eigenvalue weighted by molar-refractivity contribution is 0.601. The van der Waals surface area contributed by atoms with Crippen LogP contribution < -0.4 is 10.6 Å². The van der Waals surface area contributed by atoms with Gasteiger partial charge in [0, 0.05) is 24.7 Å². The molecule has 1 rings (SSSR count). The van der Waals surface area contributed by atoms with Gasteiger partial charge in [-0.25, -0.2) is 0 Å². The zero-order valence-electron chi connectivity index (χ0n) is 10.9. The van der Waals surface area contributed by atoms with Crippen LogP contribution in [-0.2, 0) is 0 Å². The van der Waals surface area contributed by atoms with E-state index in [0.717, 1.165) is 19.4 Å². The highest BCUT2D eigenvalue weighted by atomic mass is 32.1. The Hall–Kier alpha value is -1.09. The lowest BCUT2D eigenvalue weighted by Crippen LogP contribution is -2.37. The second kappa shape index (κ2) is 6.60. The Morgan fingerprint density at radius 1 is 1.41 bits per heavy atom. The zero-order valence-corrected chi connectivity index (χ0v) is 11.8. The first-order chi connectivity index (χ1) is 8.08. The maximum absolute atomic E-state index is 5.67. The van der Waals surface area contributed by atoms with Crippen molar-refractivity contribution < 1.29 is 0 Å². The number of benzene rings is 1. The molecule has 0 saturated heterocycles. The highest BCUT2D eigenvalue weighted by Crippen LogP contribution is 2.21. The van der Waals surface area contributed by atoms with Crippen molar-refractivity contribution >= 4 is 22.9 Å². The van der Waals surface area contributed by atoms with Crippen molar-refractivity contribution in [2.24, 2.45) is 5.73 Å². The molecule has 0 radical (unpaired) electrons. The highest BCUT2D eigenvalue weighted by molar-refractivity contribution is 7.80. The van der Waals surface area contributed by atoms with Crippen LogP contribution in [-0.4, -0.2) is 17.6 Å². The Bertz CT molecular complexity index is 376. The molecule has 0 aliphatic heterocycles. The van der Waals surface area contributed by atoms with Crippen LogP contribution >= 0.6 is 12.2 Å². The van der Waals surface area contributed by atoms with Gasteiger partial charge in [0.25, 0.3) is 0 Å². The fourth-order valence-electron chi connectivity index (χ4n) is 2.17. The molecule has 0 aromatic heterocycles. The van der Waals surface area contributed by atoms with Gasteiger partial charge in [0.2, 0.25) is 0 Å².